The highest BCUT2D eigenvalue weighted by Crippen LogP contribution is 2.37. The van der Waals surface area contributed by atoms with E-state index in [2.05, 4.69) is 37.8 Å². The number of halogens is 1. The van der Waals surface area contributed by atoms with Crippen molar-refractivity contribution in [3.8, 4) is 23.0 Å². The van der Waals surface area contributed by atoms with Crippen LogP contribution in [0.4, 0.5) is 5.00 Å². The van der Waals surface area contributed by atoms with Gasteiger partial charge in [0.15, 0.2) is 0 Å². The molecule has 2 N–H and O–H groups in total. The van der Waals surface area contributed by atoms with Gasteiger partial charge in [-0.05, 0) is 55.5 Å². The number of para-hydroxylation sites is 1. The van der Waals surface area contributed by atoms with Gasteiger partial charge in [0, 0.05) is 26.7 Å². The number of carbonyl (C=O) groups excluding carboxylic acids is 2. The lowest BCUT2D eigenvalue weighted by molar-refractivity contribution is -0.136. The van der Waals surface area contributed by atoms with E-state index in [-0.39, 0.29) is 0 Å². The standard InChI is InChI=1S/C27H21BrN6O2S/c28-19-12-10-17(11-13-19)24-18(16-34(33-24)20-6-2-1-3-7-20)15-30-32-26(36)25(35)31-27-22(14-29)21-8-4-5-9-23(21)37-27/h1-3,6-7,10-13,15-16H,4-5,8-9H2,(H,31,35)(H,32,36)/b30-15+. The Morgan fingerprint density at radius 3 is 2.59 bits per heavy atom. The molecule has 184 valence electrons. The zero-order valence-electron chi connectivity index (χ0n) is 19.6. The van der Waals surface area contributed by atoms with Crippen LogP contribution in [0.15, 0.2) is 70.4 Å². The summed E-state index contributed by atoms with van der Waals surface area (Å²) >= 11 is 4.81. The molecule has 0 bridgehead atoms. The Morgan fingerprint density at radius 1 is 1.08 bits per heavy atom. The molecule has 2 amide bonds. The van der Waals surface area contributed by atoms with E-state index < -0.39 is 11.8 Å². The summed E-state index contributed by atoms with van der Waals surface area (Å²) < 4.78 is 2.67. The number of hydrogen-bond donors (Lipinski definition) is 2. The largest absolute Gasteiger partial charge is 0.329 e. The second-order valence-electron chi connectivity index (χ2n) is 8.40. The fourth-order valence-corrected chi connectivity index (χ4v) is 5.67. The summed E-state index contributed by atoms with van der Waals surface area (Å²) in [5, 5.41) is 21.3. The van der Waals surface area contributed by atoms with Gasteiger partial charge in [0.2, 0.25) is 0 Å². The molecule has 0 atom stereocenters. The lowest BCUT2D eigenvalue weighted by atomic mass is 9.96. The number of thiophene rings is 1. The normalized spacial score (nSPS) is 12.6. The summed E-state index contributed by atoms with van der Waals surface area (Å²) in [5.74, 6) is -1.80. The van der Waals surface area contributed by atoms with Gasteiger partial charge >= 0.3 is 11.8 Å². The fraction of sp³-hybridized carbons (Fsp3) is 0.148. The predicted molar refractivity (Wildman–Crippen MR) is 147 cm³/mol. The molecule has 2 aromatic heterocycles. The van der Waals surface area contributed by atoms with Crippen LogP contribution in [-0.2, 0) is 22.4 Å². The maximum atomic E-state index is 12.5. The molecule has 0 unspecified atom stereocenters. The number of nitrogens with zero attached hydrogens (tertiary/aromatic N) is 4. The van der Waals surface area contributed by atoms with Crippen LogP contribution in [0.25, 0.3) is 16.9 Å². The average Bonchev–Trinajstić information content (AvgIpc) is 3.50. The van der Waals surface area contributed by atoms with Gasteiger partial charge in [-0.25, -0.2) is 10.1 Å². The number of aryl methyl sites for hydroxylation is 1. The van der Waals surface area contributed by atoms with Crippen LogP contribution in [0.2, 0.25) is 0 Å². The van der Waals surface area contributed by atoms with Crippen LogP contribution in [0, 0.1) is 11.3 Å². The minimum Gasteiger partial charge on any atom is -0.308 e. The molecular formula is C27H21BrN6O2S. The lowest BCUT2D eigenvalue weighted by Crippen LogP contribution is -2.32. The first-order valence-electron chi connectivity index (χ1n) is 11.6. The molecule has 2 heterocycles. The van der Waals surface area contributed by atoms with Crippen molar-refractivity contribution in [2.75, 3.05) is 5.32 Å². The average molecular weight is 573 g/mol. The molecule has 37 heavy (non-hydrogen) atoms. The number of nitrogens with one attached hydrogen (secondary N) is 2. The number of hydrogen-bond acceptors (Lipinski definition) is 6. The molecule has 8 nitrogen and oxygen atoms in total. The third-order valence-electron chi connectivity index (χ3n) is 5.97. The molecule has 0 aliphatic heterocycles. The van der Waals surface area contributed by atoms with Crippen molar-refractivity contribution in [3.63, 3.8) is 0 Å². The summed E-state index contributed by atoms with van der Waals surface area (Å²) in [5.41, 5.74) is 6.79. The monoisotopic (exact) mass is 572 g/mol. The fourth-order valence-electron chi connectivity index (χ4n) is 4.17. The van der Waals surface area contributed by atoms with Gasteiger partial charge in [0.1, 0.15) is 16.8 Å². The molecular weight excluding hydrogens is 552 g/mol. The van der Waals surface area contributed by atoms with Gasteiger partial charge in [0.05, 0.1) is 17.5 Å². The van der Waals surface area contributed by atoms with Gasteiger partial charge in [-0.1, -0.05) is 46.3 Å². The minimum absolute atomic E-state index is 0.417. The van der Waals surface area contributed by atoms with Crippen molar-refractivity contribution in [1.29, 1.82) is 5.26 Å². The van der Waals surface area contributed by atoms with Crippen molar-refractivity contribution in [2.45, 2.75) is 25.7 Å². The third kappa shape index (κ3) is 5.38. The van der Waals surface area contributed by atoms with E-state index >= 15 is 0 Å². The summed E-state index contributed by atoms with van der Waals surface area (Å²) in [6, 6.07) is 19.5. The highest BCUT2D eigenvalue weighted by molar-refractivity contribution is 9.10. The number of benzene rings is 2. The molecule has 0 spiro atoms. The number of amides is 2. The topological polar surface area (TPSA) is 112 Å². The van der Waals surface area contributed by atoms with Gasteiger partial charge in [-0.3, -0.25) is 9.59 Å². The first kappa shape index (κ1) is 24.6. The van der Waals surface area contributed by atoms with Gasteiger partial charge in [-0.2, -0.15) is 15.5 Å². The van der Waals surface area contributed by atoms with Crippen LogP contribution in [0.5, 0.6) is 0 Å². The molecule has 4 aromatic rings. The number of hydrazone groups is 1. The highest BCUT2D eigenvalue weighted by Gasteiger charge is 2.23. The van der Waals surface area contributed by atoms with Crippen molar-refractivity contribution < 1.29 is 9.59 Å². The van der Waals surface area contributed by atoms with Crippen molar-refractivity contribution >= 4 is 50.3 Å². The number of anilines is 1. The van der Waals surface area contributed by atoms with E-state index in [0.29, 0.717) is 21.8 Å². The second-order valence-corrected chi connectivity index (χ2v) is 10.4. The van der Waals surface area contributed by atoms with E-state index in [4.69, 9.17) is 5.10 Å². The lowest BCUT2D eigenvalue weighted by Gasteiger charge is -2.09. The number of nitriles is 1. The van der Waals surface area contributed by atoms with E-state index in [9.17, 15) is 14.9 Å². The summed E-state index contributed by atoms with van der Waals surface area (Å²) in [6.07, 6.45) is 7.04. The first-order chi connectivity index (χ1) is 18.0. The zero-order valence-corrected chi connectivity index (χ0v) is 22.0. The molecule has 5 rings (SSSR count). The molecule has 0 radical (unpaired) electrons. The second kappa shape index (κ2) is 10.9. The maximum absolute atomic E-state index is 12.5. The number of fused-ring (bicyclic) bond motifs is 1. The smallest absolute Gasteiger partial charge is 0.308 e. The van der Waals surface area contributed by atoms with E-state index in [1.54, 1.807) is 10.9 Å². The van der Waals surface area contributed by atoms with Crippen LogP contribution < -0.4 is 10.7 Å². The SMILES string of the molecule is N#Cc1c(NC(=O)C(=O)N/N=C/c2cn(-c3ccccc3)nc2-c2ccc(Br)cc2)sc2c1CCCC2. The molecule has 1 aliphatic rings. The Balaban J connectivity index is 1.33. The molecule has 1 aliphatic carbocycles. The van der Waals surface area contributed by atoms with E-state index in [0.717, 1.165) is 51.8 Å². The quantitative estimate of drug-likeness (QED) is 0.194. The van der Waals surface area contributed by atoms with Crippen LogP contribution in [0.1, 0.15) is 34.4 Å². The molecule has 10 heteroatoms. The number of aromatic nitrogens is 2. The number of carbonyl (C=O) groups is 2. The molecule has 2 aromatic carbocycles. The molecule has 0 fully saturated rings. The summed E-state index contributed by atoms with van der Waals surface area (Å²) in [6.45, 7) is 0. The summed E-state index contributed by atoms with van der Waals surface area (Å²) in [7, 11) is 0. The van der Waals surface area contributed by atoms with Crippen molar-refractivity contribution in [3.05, 3.63) is 86.8 Å². The van der Waals surface area contributed by atoms with Crippen molar-refractivity contribution in [2.24, 2.45) is 5.10 Å². The van der Waals surface area contributed by atoms with Crippen LogP contribution in [-0.4, -0.2) is 27.8 Å². The van der Waals surface area contributed by atoms with Gasteiger partial charge in [-0.15, -0.1) is 11.3 Å². The highest BCUT2D eigenvalue weighted by atomic mass is 79.9. The minimum atomic E-state index is -0.924. The van der Waals surface area contributed by atoms with E-state index in [1.165, 1.54) is 17.6 Å². The summed E-state index contributed by atoms with van der Waals surface area (Å²) in [4.78, 5) is 26.1. The van der Waals surface area contributed by atoms with Gasteiger partial charge < -0.3 is 5.32 Å². The Kier molecular flexibility index (Phi) is 7.25. The zero-order chi connectivity index (χ0) is 25.8. The third-order valence-corrected chi connectivity index (χ3v) is 7.70. The number of rotatable bonds is 5. The Labute approximate surface area is 225 Å². The van der Waals surface area contributed by atoms with Crippen LogP contribution in [0.3, 0.4) is 0 Å². The molecule has 0 saturated carbocycles. The predicted octanol–water partition coefficient (Wildman–Crippen LogP) is 5.20. The van der Waals surface area contributed by atoms with E-state index in [1.807, 2.05) is 54.6 Å². The van der Waals surface area contributed by atoms with Gasteiger partial charge in [0.25, 0.3) is 0 Å². The first-order valence-corrected chi connectivity index (χ1v) is 13.2. The van der Waals surface area contributed by atoms with Crippen LogP contribution >= 0.6 is 27.3 Å². The molecule has 0 saturated heterocycles. The Hall–Kier alpha value is -4.07. The maximum Gasteiger partial charge on any atom is 0.329 e. The Bertz CT molecular complexity index is 1530. The van der Waals surface area contributed by atoms with Crippen molar-refractivity contribution in [1.82, 2.24) is 15.2 Å². The Morgan fingerprint density at radius 2 is 1.84 bits per heavy atom.